The van der Waals surface area contributed by atoms with Gasteiger partial charge in [-0.15, -0.1) is 0 Å². The lowest BCUT2D eigenvalue weighted by atomic mass is 10.3. The highest BCUT2D eigenvalue weighted by molar-refractivity contribution is 5.46. The molecule has 0 saturated carbocycles. The van der Waals surface area contributed by atoms with Crippen LogP contribution in [0.4, 0.5) is 5.69 Å². The molecule has 1 heterocycles. The minimum atomic E-state index is -0.423. The molecule has 0 aliphatic rings. The van der Waals surface area contributed by atoms with Gasteiger partial charge in [0.1, 0.15) is 5.69 Å². The third-order valence-corrected chi connectivity index (χ3v) is 2.67. The number of nitro groups is 1. The average Bonchev–Trinajstić information content (AvgIpc) is 2.65. The van der Waals surface area contributed by atoms with Crippen LogP contribution in [0.3, 0.4) is 0 Å². The first-order valence-corrected chi connectivity index (χ1v) is 6.53. The summed E-state index contributed by atoms with van der Waals surface area (Å²) < 4.78 is 6.95. The van der Waals surface area contributed by atoms with Crippen LogP contribution in [0.15, 0.2) is 0 Å². The minimum Gasteiger partial charge on any atom is -0.473 e. The highest BCUT2D eigenvalue weighted by Gasteiger charge is 2.26. The van der Waals surface area contributed by atoms with E-state index in [1.165, 1.54) is 4.68 Å². The molecule has 0 bridgehead atoms. The Kier molecular flexibility index (Phi) is 5.75. The van der Waals surface area contributed by atoms with E-state index in [0.29, 0.717) is 24.8 Å². The number of rotatable bonds is 8. The molecule has 0 aromatic carbocycles. The van der Waals surface area contributed by atoms with Crippen molar-refractivity contribution in [2.75, 3.05) is 13.2 Å². The molecule has 1 aromatic heterocycles. The molecule has 0 aliphatic heterocycles. The normalized spacial score (nSPS) is 11.0. The van der Waals surface area contributed by atoms with Crippen molar-refractivity contribution in [3.8, 4) is 5.88 Å². The van der Waals surface area contributed by atoms with E-state index in [1.54, 1.807) is 7.05 Å². The number of nitrogens with zero attached hydrogens (tertiary/aromatic N) is 3. The van der Waals surface area contributed by atoms with Crippen molar-refractivity contribution in [1.82, 2.24) is 15.1 Å². The zero-order valence-corrected chi connectivity index (χ0v) is 12.0. The molecule has 1 aromatic rings. The van der Waals surface area contributed by atoms with Gasteiger partial charge in [-0.3, -0.25) is 10.1 Å². The Morgan fingerprint density at radius 3 is 2.74 bits per heavy atom. The third kappa shape index (κ3) is 4.20. The number of hydrogen-bond acceptors (Lipinski definition) is 5. The number of aromatic nitrogens is 2. The maximum Gasteiger partial charge on any atom is 0.353 e. The molecule has 0 spiro atoms. The van der Waals surface area contributed by atoms with Crippen molar-refractivity contribution in [3.05, 3.63) is 15.8 Å². The lowest BCUT2D eigenvalue weighted by Gasteiger charge is -2.08. The summed E-state index contributed by atoms with van der Waals surface area (Å²) in [4.78, 5) is 10.6. The molecule has 0 fully saturated rings. The van der Waals surface area contributed by atoms with Crippen molar-refractivity contribution in [2.24, 2.45) is 7.05 Å². The van der Waals surface area contributed by atoms with E-state index in [0.717, 1.165) is 13.0 Å². The molecular weight excluding hydrogens is 248 g/mol. The lowest BCUT2D eigenvalue weighted by Crippen LogP contribution is -2.25. The van der Waals surface area contributed by atoms with Gasteiger partial charge < -0.3 is 10.1 Å². The number of aryl methyl sites for hydroxylation is 2. The smallest absolute Gasteiger partial charge is 0.353 e. The van der Waals surface area contributed by atoms with Gasteiger partial charge in [-0.05, 0) is 19.4 Å². The Morgan fingerprint density at radius 2 is 2.21 bits per heavy atom. The van der Waals surface area contributed by atoms with E-state index in [9.17, 15) is 10.1 Å². The summed E-state index contributed by atoms with van der Waals surface area (Å²) in [5, 5.41) is 18.4. The Balaban J connectivity index is 2.62. The fourth-order valence-corrected chi connectivity index (χ4v) is 1.77. The number of nitrogens with one attached hydrogen (secondary N) is 1. The molecule has 7 nitrogen and oxygen atoms in total. The zero-order chi connectivity index (χ0) is 14.4. The van der Waals surface area contributed by atoms with E-state index in [2.05, 4.69) is 24.3 Å². The monoisotopic (exact) mass is 270 g/mol. The summed E-state index contributed by atoms with van der Waals surface area (Å²) in [7, 11) is 1.66. The topological polar surface area (TPSA) is 82.2 Å². The Bertz CT molecular complexity index is 429. The molecule has 108 valence electrons. The second-order valence-corrected chi connectivity index (χ2v) is 4.65. The van der Waals surface area contributed by atoms with E-state index < -0.39 is 4.92 Å². The molecule has 0 radical (unpaired) electrons. The Hall–Kier alpha value is -1.63. The van der Waals surface area contributed by atoms with Crippen molar-refractivity contribution < 1.29 is 9.66 Å². The van der Waals surface area contributed by atoms with Gasteiger partial charge in [-0.1, -0.05) is 20.8 Å². The maximum atomic E-state index is 11.1. The van der Waals surface area contributed by atoms with Gasteiger partial charge in [-0.25, -0.2) is 4.68 Å². The molecule has 0 amide bonds. The average molecular weight is 270 g/mol. The van der Waals surface area contributed by atoms with Crippen molar-refractivity contribution in [2.45, 2.75) is 39.7 Å². The van der Waals surface area contributed by atoms with Gasteiger partial charge >= 0.3 is 5.69 Å². The standard InChI is InChI=1S/C12H22N4O3/c1-5-10-11(16(17)18)12(15(4)14-10)19-8-6-7-13-9(2)3/h9,13H,5-8H2,1-4H3. The molecule has 19 heavy (non-hydrogen) atoms. The zero-order valence-electron chi connectivity index (χ0n) is 12.0. The van der Waals surface area contributed by atoms with Crippen LogP contribution >= 0.6 is 0 Å². The first-order chi connectivity index (χ1) is 8.97. The number of ether oxygens (including phenoxy) is 1. The van der Waals surface area contributed by atoms with Gasteiger partial charge in [0, 0.05) is 13.1 Å². The van der Waals surface area contributed by atoms with Crippen LogP contribution in [-0.4, -0.2) is 33.9 Å². The molecule has 1 rings (SSSR count). The quantitative estimate of drug-likeness (QED) is 0.441. The summed E-state index contributed by atoms with van der Waals surface area (Å²) in [5.74, 6) is 0.242. The molecule has 0 unspecified atom stereocenters. The Morgan fingerprint density at radius 1 is 1.53 bits per heavy atom. The third-order valence-electron chi connectivity index (χ3n) is 2.67. The molecule has 1 N–H and O–H groups in total. The van der Waals surface area contributed by atoms with Crippen molar-refractivity contribution in [3.63, 3.8) is 0 Å². The number of hydrogen-bond donors (Lipinski definition) is 1. The van der Waals surface area contributed by atoms with Crippen LogP contribution < -0.4 is 10.1 Å². The largest absolute Gasteiger partial charge is 0.473 e. The Labute approximate surface area is 113 Å². The summed E-state index contributed by atoms with van der Waals surface area (Å²) in [6, 6.07) is 0.428. The van der Waals surface area contributed by atoms with Crippen molar-refractivity contribution in [1.29, 1.82) is 0 Å². The fourth-order valence-electron chi connectivity index (χ4n) is 1.77. The van der Waals surface area contributed by atoms with Crippen LogP contribution in [0.1, 0.15) is 32.9 Å². The SMILES string of the molecule is CCc1nn(C)c(OCCCNC(C)C)c1[N+](=O)[O-]. The fraction of sp³-hybridized carbons (Fsp3) is 0.750. The molecule has 7 heteroatoms. The predicted molar refractivity (Wildman–Crippen MR) is 72.5 cm³/mol. The highest BCUT2D eigenvalue weighted by atomic mass is 16.6. The first kappa shape index (κ1) is 15.4. The summed E-state index contributed by atoms with van der Waals surface area (Å²) in [5.41, 5.74) is 0.449. The van der Waals surface area contributed by atoms with Gasteiger partial charge in [0.05, 0.1) is 11.5 Å². The predicted octanol–water partition coefficient (Wildman–Crippen LogP) is 1.66. The molecule has 0 saturated heterocycles. The molecular formula is C12H22N4O3. The summed E-state index contributed by atoms with van der Waals surface area (Å²) in [6.07, 6.45) is 1.31. The van der Waals surface area contributed by atoms with E-state index >= 15 is 0 Å². The summed E-state index contributed by atoms with van der Waals surface area (Å²) in [6.45, 7) is 7.24. The van der Waals surface area contributed by atoms with Crippen LogP contribution in [0.25, 0.3) is 0 Å². The van der Waals surface area contributed by atoms with Gasteiger partial charge in [0.2, 0.25) is 0 Å². The van der Waals surface area contributed by atoms with Crippen LogP contribution in [0.5, 0.6) is 5.88 Å². The van der Waals surface area contributed by atoms with E-state index in [4.69, 9.17) is 4.74 Å². The van der Waals surface area contributed by atoms with Crippen LogP contribution in [0.2, 0.25) is 0 Å². The van der Waals surface area contributed by atoms with Gasteiger partial charge in [0.15, 0.2) is 0 Å². The maximum absolute atomic E-state index is 11.1. The first-order valence-electron chi connectivity index (χ1n) is 6.53. The highest BCUT2D eigenvalue weighted by Crippen LogP contribution is 2.30. The van der Waals surface area contributed by atoms with Crippen LogP contribution in [0, 0.1) is 10.1 Å². The molecule has 0 atom stereocenters. The van der Waals surface area contributed by atoms with Crippen LogP contribution in [-0.2, 0) is 13.5 Å². The second-order valence-electron chi connectivity index (χ2n) is 4.65. The second kappa shape index (κ2) is 7.08. The minimum absolute atomic E-state index is 0.0122. The molecule has 0 aliphatic carbocycles. The lowest BCUT2D eigenvalue weighted by molar-refractivity contribution is -0.386. The van der Waals surface area contributed by atoms with Gasteiger partial charge in [-0.2, -0.15) is 5.10 Å². The van der Waals surface area contributed by atoms with E-state index in [1.807, 2.05) is 6.92 Å². The summed E-state index contributed by atoms with van der Waals surface area (Å²) >= 11 is 0. The van der Waals surface area contributed by atoms with Gasteiger partial charge in [0.25, 0.3) is 5.88 Å². The van der Waals surface area contributed by atoms with Crippen molar-refractivity contribution >= 4 is 5.69 Å². The van der Waals surface area contributed by atoms with E-state index in [-0.39, 0.29) is 11.6 Å².